The van der Waals surface area contributed by atoms with Gasteiger partial charge >= 0.3 is 0 Å². The van der Waals surface area contributed by atoms with Crippen LogP contribution in [0, 0.1) is 0 Å². The van der Waals surface area contributed by atoms with Gasteiger partial charge in [-0.15, -0.1) is 0 Å². The van der Waals surface area contributed by atoms with Gasteiger partial charge in [0.25, 0.3) is 5.91 Å². The molecule has 2 heterocycles. The van der Waals surface area contributed by atoms with E-state index in [0.29, 0.717) is 27.8 Å². The number of carbonyl (C=O) groups excluding carboxylic acids is 1. The number of rotatable bonds is 2. The van der Waals surface area contributed by atoms with E-state index in [0.717, 1.165) is 4.47 Å². The van der Waals surface area contributed by atoms with Gasteiger partial charge < -0.3 is 14.8 Å². The number of aromatic nitrogens is 1. The van der Waals surface area contributed by atoms with Gasteiger partial charge in [0, 0.05) is 29.0 Å². The number of hydrogen-bond acceptors (Lipinski definition) is 4. The minimum Gasteiger partial charge on any atom is -0.454 e. The van der Waals surface area contributed by atoms with Gasteiger partial charge in [0.1, 0.15) is 0 Å². The average molecular weight is 356 g/mol. The molecule has 0 atom stereocenters. The van der Waals surface area contributed by atoms with E-state index >= 15 is 0 Å². The van der Waals surface area contributed by atoms with Crippen molar-refractivity contribution in [2.45, 2.75) is 0 Å². The van der Waals surface area contributed by atoms with E-state index in [1.165, 1.54) is 6.20 Å². The first-order chi connectivity index (χ1) is 9.63. The fourth-order valence-electron chi connectivity index (χ4n) is 1.74. The zero-order chi connectivity index (χ0) is 14.1. The van der Waals surface area contributed by atoms with Crippen molar-refractivity contribution in [1.82, 2.24) is 4.98 Å². The Morgan fingerprint density at radius 2 is 2.00 bits per heavy atom. The molecule has 102 valence electrons. The summed E-state index contributed by atoms with van der Waals surface area (Å²) in [6, 6.07) is 4.91. The molecule has 0 saturated carbocycles. The summed E-state index contributed by atoms with van der Waals surface area (Å²) >= 11 is 9.36. The Morgan fingerprint density at radius 1 is 1.25 bits per heavy atom. The highest BCUT2D eigenvalue weighted by Gasteiger charge is 2.18. The summed E-state index contributed by atoms with van der Waals surface area (Å²) in [4.78, 5) is 16.1. The first-order valence-electron chi connectivity index (χ1n) is 5.64. The standard InChI is InChI=1S/C13H8BrClN2O3/c14-8-1-7(4-16-5-8)13(18)17-10-3-12-11(2-9(10)15)19-6-20-12/h1-5H,6H2,(H,17,18). The van der Waals surface area contributed by atoms with E-state index < -0.39 is 0 Å². The molecule has 20 heavy (non-hydrogen) atoms. The van der Waals surface area contributed by atoms with Crippen molar-refractivity contribution in [3.63, 3.8) is 0 Å². The lowest BCUT2D eigenvalue weighted by molar-refractivity contribution is 0.102. The number of nitrogens with zero attached hydrogens (tertiary/aromatic N) is 1. The van der Waals surface area contributed by atoms with Crippen molar-refractivity contribution in [2.24, 2.45) is 0 Å². The number of anilines is 1. The maximum Gasteiger partial charge on any atom is 0.257 e. The highest BCUT2D eigenvalue weighted by molar-refractivity contribution is 9.10. The van der Waals surface area contributed by atoms with Gasteiger partial charge in [-0.3, -0.25) is 9.78 Å². The van der Waals surface area contributed by atoms with Gasteiger partial charge in [0.2, 0.25) is 6.79 Å². The quantitative estimate of drug-likeness (QED) is 0.896. The summed E-state index contributed by atoms with van der Waals surface area (Å²) in [5.74, 6) is 0.814. The average Bonchev–Trinajstić information content (AvgIpc) is 2.86. The number of halogens is 2. The van der Waals surface area contributed by atoms with Crippen LogP contribution in [0.1, 0.15) is 10.4 Å². The molecular weight excluding hydrogens is 348 g/mol. The molecule has 7 heteroatoms. The first kappa shape index (κ1) is 13.2. The third kappa shape index (κ3) is 2.57. The molecule has 1 N–H and O–H groups in total. The predicted molar refractivity (Wildman–Crippen MR) is 77.5 cm³/mol. The molecule has 1 aromatic carbocycles. The maximum absolute atomic E-state index is 12.1. The van der Waals surface area contributed by atoms with Crippen LogP contribution in [0.2, 0.25) is 5.02 Å². The molecule has 1 amide bonds. The topological polar surface area (TPSA) is 60.5 Å². The summed E-state index contributed by atoms with van der Waals surface area (Å²) in [5, 5.41) is 3.10. The van der Waals surface area contributed by atoms with Crippen LogP contribution < -0.4 is 14.8 Å². The second-order valence-electron chi connectivity index (χ2n) is 4.03. The number of carbonyl (C=O) groups is 1. The predicted octanol–water partition coefficient (Wildman–Crippen LogP) is 3.48. The lowest BCUT2D eigenvalue weighted by atomic mass is 10.2. The molecule has 0 bridgehead atoms. The van der Waals surface area contributed by atoms with Crippen LogP contribution in [0.4, 0.5) is 5.69 Å². The summed E-state index contributed by atoms with van der Waals surface area (Å²) in [6.45, 7) is 0.151. The number of nitrogens with one attached hydrogen (secondary N) is 1. The Kier molecular flexibility index (Phi) is 3.50. The zero-order valence-corrected chi connectivity index (χ0v) is 12.4. The smallest absolute Gasteiger partial charge is 0.257 e. The van der Waals surface area contributed by atoms with Crippen molar-refractivity contribution < 1.29 is 14.3 Å². The number of benzene rings is 1. The normalized spacial score (nSPS) is 12.3. The molecule has 0 radical (unpaired) electrons. The number of amides is 1. The van der Waals surface area contributed by atoms with Gasteiger partial charge in [0.15, 0.2) is 11.5 Å². The van der Waals surface area contributed by atoms with Crippen molar-refractivity contribution >= 4 is 39.1 Å². The largest absolute Gasteiger partial charge is 0.454 e. The van der Waals surface area contributed by atoms with E-state index in [-0.39, 0.29) is 12.7 Å². The third-order valence-electron chi connectivity index (χ3n) is 2.68. The second-order valence-corrected chi connectivity index (χ2v) is 5.35. The third-order valence-corrected chi connectivity index (χ3v) is 3.42. The van der Waals surface area contributed by atoms with Crippen LogP contribution >= 0.6 is 27.5 Å². The monoisotopic (exact) mass is 354 g/mol. The molecule has 1 aliphatic rings. The molecule has 0 spiro atoms. The molecule has 0 fully saturated rings. The van der Waals surface area contributed by atoms with Gasteiger partial charge in [-0.2, -0.15) is 0 Å². The fraction of sp³-hybridized carbons (Fsp3) is 0.0769. The van der Waals surface area contributed by atoms with Gasteiger partial charge in [-0.1, -0.05) is 11.6 Å². The van der Waals surface area contributed by atoms with Crippen LogP contribution in [-0.2, 0) is 0 Å². The van der Waals surface area contributed by atoms with Gasteiger partial charge in [-0.05, 0) is 22.0 Å². The van der Waals surface area contributed by atoms with Gasteiger partial charge in [-0.25, -0.2) is 0 Å². The molecular formula is C13H8BrClN2O3. The zero-order valence-electron chi connectivity index (χ0n) is 10.0. The molecule has 0 aliphatic carbocycles. The summed E-state index contributed by atoms with van der Waals surface area (Å²) < 4.78 is 11.2. The first-order valence-corrected chi connectivity index (χ1v) is 6.81. The number of fused-ring (bicyclic) bond motifs is 1. The van der Waals surface area contributed by atoms with E-state index in [1.54, 1.807) is 24.4 Å². The SMILES string of the molecule is O=C(Nc1cc2c(cc1Cl)OCO2)c1cncc(Br)c1. The Balaban J connectivity index is 1.86. The van der Waals surface area contributed by atoms with Crippen LogP contribution in [0.5, 0.6) is 11.5 Å². The highest BCUT2D eigenvalue weighted by Crippen LogP contribution is 2.39. The van der Waals surface area contributed by atoms with Crippen molar-refractivity contribution in [3.05, 3.63) is 45.7 Å². The highest BCUT2D eigenvalue weighted by atomic mass is 79.9. The van der Waals surface area contributed by atoms with Crippen LogP contribution in [0.15, 0.2) is 35.1 Å². The summed E-state index contributed by atoms with van der Waals surface area (Å²) in [6.07, 6.45) is 3.07. The van der Waals surface area contributed by atoms with Gasteiger partial charge in [0.05, 0.1) is 16.3 Å². The van der Waals surface area contributed by atoms with Crippen LogP contribution in [0.3, 0.4) is 0 Å². The van der Waals surface area contributed by atoms with Crippen LogP contribution in [-0.4, -0.2) is 17.7 Å². The summed E-state index contributed by atoms with van der Waals surface area (Å²) in [7, 11) is 0. The maximum atomic E-state index is 12.1. The molecule has 5 nitrogen and oxygen atoms in total. The molecule has 3 rings (SSSR count). The van der Waals surface area contributed by atoms with E-state index in [4.69, 9.17) is 21.1 Å². The Labute approximate surface area is 128 Å². The Bertz CT molecular complexity index is 693. The minimum atomic E-state index is -0.306. The molecule has 0 unspecified atom stereocenters. The van der Waals surface area contributed by atoms with Crippen molar-refractivity contribution in [2.75, 3.05) is 12.1 Å². The van der Waals surface area contributed by atoms with Crippen molar-refractivity contribution in [3.8, 4) is 11.5 Å². The Morgan fingerprint density at radius 3 is 2.75 bits per heavy atom. The molecule has 1 aromatic heterocycles. The number of hydrogen-bond donors (Lipinski definition) is 1. The van der Waals surface area contributed by atoms with Crippen molar-refractivity contribution in [1.29, 1.82) is 0 Å². The number of ether oxygens (including phenoxy) is 2. The van der Waals surface area contributed by atoms with E-state index in [1.807, 2.05) is 0 Å². The van der Waals surface area contributed by atoms with E-state index in [2.05, 4.69) is 26.2 Å². The minimum absolute atomic E-state index is 0.151. The van der Waals surface area contributed by atoms with Crippen LogP contribution in [0.25, 0.3) is 0 Å². The lowest BCUT2D eigenvalue weighted by Crippen LogP contribution is -2.12. The lowest BCUT2D eigenvalue weighted by Gasteiger charge is -2.08. The fourth-order valence-corrected chi connectivity index (χ4v) is 2.31. The molecule has 0 saturated heterocycles. The Hall–Kier alpha value is -1.79. The molecule has 2 aromatic rings. The molecule has 1 aliphatic heterocycles. The van der Waals surface area contributed by atoms with E-state index in [9.17, 15) is 4.79 Å². The number of pyridine rings is 1. The second kappa shape index (κ2) is 5.30. The summed E-state index contributed by atoms with van der Waals surface area (Å²) in [5.41, 5.74) is 0.883.